The number of pyridine rings is 1. The van der Waals surface area contributed by atoms with Crippen LogP contribution in [0.15, 0.2) is 52.1 Å². The molecule has 6 heteroatoms. The van der Waals surface area contributed by atoms with Crippen LogP contribution in [-0.2, 0) is 10.0 Å². The molecular formula is C15H13BrN2O2S. The van der Waals surface area contributed by atoms with Crippen molar-refractivity contribution in [1.29, 1.82) is 0 Å². The maximum Gasteiger partial charge on any atom is 0.269 e. The van der Waals surface area contributed by atoms with Gasteiger partial charge in [0.15, 0.2) is 5.65 Å². The third kappa shape index (κ3) is 2.28. The highest BCUT2D eigenvalue weighted by atomic mass is 79.9. The Morgan fingerprint density at radius 3 is 2.43 bits per heavy atom. The Hall–Kier alpha value is -1.66. The van der Waals surface area contributed by atoms with Crippen LogP contribution in [0, 0.1) is 13.8 Å². The van der Waals surface area contributed by atoms with Gasteiger partial charge in [-0.2, -0.15) is 0 Å². The van der Waals surface area contributed by atoms with Crippen LogP contribution < -0.4 is 0 Å². The number of benzene rings is 1. The Morgan fingerprint density at radius 2 is 1.76 bits per heavy atom. The molecule has 0 saturated carbocycles. The van der Waals surface area contributed by atoms with E-state index in [1.54, 1.807) is 36.7 Å². The average molecular weight is 365 g/mol. The van der Waals surface area contributed by atoms with E-state index in [1.807, 2.05) is 19.9 Å². The van der Waals surface area contributed by atoms with Crippen molar-refractivity contribution in [3.05, 3.63) is 58.3 Å². The molecule has 0 saturated heterocycles. The second kappa shape index (κ2) is 4.96. The number of halogens is 1. The predicted octanol–water partition coefficient (Wildman–Crippen LogP) is 3.65. The molecule has 21 heavy (non-hydrogen) atoms. The lowest BCUT2D eigenvalue weighted by Crippen LogP contribution is -2.12. The van der Waals surface area contributed by atoms with Crippen molar-refractivity contribution in [3.8, 4) is 0 Å². The molecule has 0 amide bonds. The fourth-order valence-corrected chi connectivity index (χ4v) is 4.39. The number of fused-ring (bicyclic) bond motifs is 1. The average Bonchev–Trinajstić information content (AvgIpc) is 2.79. The van der Waals surface area contributed by atoms with Gasteiger partial charge in [0.05, 0.1) is 4.90 Å². The molecule has 2 aromatic heterocycles. The van der Waals surface area contributed by atoms with Crippen LogP contribution in [0.25, 0.3) is 11.0 Å². The number of nitrogens with zero attached hydrogens (tertiary/aromatic N) is 2. The van der Waals surface area contributed by atoms with E-state index in [2.05, 4.69) is 20.9 Å². The second-order valence-corrected chi connectivity index (χ2v) is 7.59. The fraction of sp³-hybridized carbons (Fsp3) is 0.133. The quantitative estimate of drug-likeness (QED) is 0.697. The van der Waals surface area contributed by atoms with Gasteiger partial charge in [-0.3, -0.25) is 0 Å². The molecule has 0 aliphatic rings. The van der Waals surface area contributed by atoms with E-state index in [-0.39, 0.29) is 4.90 Å². The zero-order valence-corrected chi connectivity index (χ0v) is 13.9. The summed E-state index contributed by atoms with van der Waals surface area (Å²) in [6, 6.07) is 8.65. The van der Waals surface area contributed by atoms with E-state index in [0.29, 0.717) is 5.65 Å². The van der Waals surface area contributed by atoms with Gasteiger partial charge in [0.2, 0.25) is 0 Å². The van der Waals surface area contributed by atoms with Crippen molar-refractivity contribution in [2.75, 3.05) is 0 Å². The summed E-state index contributed by atoms with van der Waals surface area (Å²) in [6.07, 6.45) is 3.17. The summed E-state index contributed by atoms with van der Waals surface area (Å²) >= 11 is 3.42. The minimum atomic E-state index is -3.65. The van der Waals surface area contributed by atoms with Gasteiger partial charge < -0.3 is 0 Å². The molecule has 0 atom stereocenters. The lowest BCUT2D eigenvalue weighted by Gasteiger charge is -2.07. The number of rotatable bonds is 2. The van der Waals surface area contributed by atoms with Gasteiger partial charge in [-0.15, -0.1) is 0 Å². The minimum absolute atomic E-state index is 0.251. The lowest BCUT2D eigenvalue weighted by molar-refractivity contribution is 0.588. The van der Waals surface area contributed by atoms with Gasteiger partial charge in [0.1, 0.15) is 0 Å². The van der Waals surface area contributed by atoms with E-state index < -0.39 is 10.0 Å². The fourth-order valence-electron chi connectivity index (χ4n) is 2.24. The monoisotopic (exact) mass is 364 g/mol. The topological polar surface area (TPSA) is 52.0 Å². The first-order chi connectivity index (χ1) is 9.91. The first-order valence-electron chi connectivity index (χ1n) is 6.35. The molecular weight excluding hydrogens is 352 g/mol. The zero-order chi connectivity index (χ0) is 15.2. The summed E-state index contributed by atoms with van der Waals surface area (Å²) in [5, 5.41) is 0.813. The molecule has 0 bridgehead atoms. The standard InChI is InChI=1S/C15H13BrN2O2S/c1-10-3-5-12(6-4-10)21(19,20)18-9-13(16)14-11(2)7-8-17-15(14)18/h3-9H,1-2H3. The summed E-state index contributed by atoms with van der Waals surface area (Å²) in [5.74, 6) is 0. The summed E-state index contributed by atoms with van der Waals surface area (Å²) in [7, 11) is -3.65. The van der Waals surface area contributed by atoms with Crippen molar-refractivity contribution in [2.45, 2.75) is 18.7 Å². The number of hydrogen-bond donors (Lipinski definition) is 0. The maximum absolute atomic E-state index is 12.8. The Bertz CT molecular complexity index is 928. The third-order valence-electron chi connectivity index (χ3n) is 3.40. The van der Waals surface area contributed by atoms with Gasteiger partial charge in [0.25, 0.3) is 10.0 Å². The van der Waals surface area contributed by atoms with E-state index in [9.17, 15) is 8.42 Å². The van der Waals surface area contributed by atoms with Crippen LogP contribution in [0.3, 0.4) is 0 Å². The highest BCUT2D eigenvalue weighted by molar-refractivity contribution is 9.10. The van der Waals surface area contributed by atoms with E-state index >= 15 is 0 Å². The SMILES string of the molecule is Cc1ccc(S(=O)(=O)n2cc(Br)c3c(C)ccnc32)cc1. The van der Waals surface area contributed by atoms with Gasteiger partial charge in [-0.1, -0.05) is 17.7 Å². The number of hydrogen-bond acceptors (Lipinski definition) is 3. The molecule has 0 spiro atoms. The first-order valence-corrected chi connectivity index (χ1v) is 8.59. The van der Waals surface area contributed by atoms with Crippen molar-refractivity contribution >= 4 is 37.0 Å². The molecule has 0 radical (unpaired) electrons. The molecule has 0 aliphatic carbocycles. The molecule has 108 valence electrons. The Balaban J connectivity index is 2.29. The molecule has 2 heterocycles. The van der Waals surface area contributed by atoms with Gasteiger partial charge >= 0.3 is 0 Å². The minimum Gasteiger partial charge on any atom is -0.237 e. The summed E-state index contributed by atoms with van der Waals surface area (Å²) in [5.41, 5.74) is 2.42. The molecule has 0 unspecified atom stereocenters. The van der Waals surface area contributed by atoms with Crippen molar-refractivity contribution in [1.82, 2.24) is 8.96 Å². The van der Waals surface area contributed by atoms with Crippen molar-refractivity contribution < 1.29 is 8.42 Å². The Kier molecular flexibility index (Phi) is 3.37. The Morgan fingerprint density at radius 1 is 1.10 bits per heavy atom. The van der Waals surface area contributed by atoms with Crippen LogP contribution in [0.1, 0.15) is 11.1 Å². The highest BCUT2D eigenvalue weighted by Gasteiger charge is 2.22. The zero-order valence-electron chi connectivity index (χ0n) is 11.5. The molecule has 0 aliphatic heterocycles. The van der Waals surface area contributed by atoms with Crippen LogP contribution in [0.2, 0.25) is 0 Å². The van der Waals surface area contributed by atoms with E-state index in [4.69, 9.17) is 0 Å². The van der Waals surface area contributed by atoms with Gasteiger partial charge in [-0.05, 0) is 53.5 Å². The van der Waals surface area contributed by atoms with Crippen molar-refractivity contribution in [3.63, 3.8) is 0 Å². The van der Waals surface area contributed by atoms with Gasteiger partial charge in [0, 0.05) is 22.3 Å². The molecule has 4 nitrogen and oxygen atoms in total. The maximum atomic E-state index is 12.8. The van der Waals surface area contributed by atoms with Crippen LogP contribution in [0.4, 0.5) is 0 Å². The number of aromatic nitrogens is 2. The first kappa shape index (κ1) is 14.3. The molecule has 0 N–H and O–H groups in total. The largest absolute Gasteiger partial charge is 0.269 e. The predicted molar refractivity (Wildman–Crippen MR) is 85.9 cm³/mol. The summed E-state index contributed by atoms with van der Waals surface area (Å²) < 4.78 is 27.5. The summed E-state index contributed by atoms with van der Waals surface area (Å²) in [6.45, 7) is 3.85. The van der Waals surface area contributed by atoms with E-state index in [1.165, 1.54) is 3.97 Å². The number of aryl methyl sites for hydroxylation is 2. The third-order valence-corrected chi connectivity index (χ3v) is 5.66. The normalized spacial score (nSPS) is 12.0. The molecule has 3 rings (SSSR count). The molecule has 0 fully saturated rings. The Labute approximate surface area is 131 Å². The lowest BCUT2D eigenvalue weighted by atomic mass is 10.2. The van der Waals surface area contributed by atoms with E-state index in [0.717, 1.165) is 21.0 Å². The van der Waals surface area contributed by atoms with Crippen molar-refractivity contribution in [2.24, 2.45) is 0 Å². The smallest absolute Gasteiger partial charge is 0.237 e. The highest BCUT2D eigenvalue weighted by Crippen LogP contribution is 2.30. The molecule has 3 aromatic rings. The summed E-state index contributed by atoms with van der Waals surface area (Å²) in [4.78, 5) is 4.48. The van der Waals surface area contributed by atoms with Gasteiger partial charge in [-0.25, -0.2) is 17.4 Å². The molecule has 1 aromatic carbocycles. The van der Waals surface area contributed by atoms with Crippen LogP contribution in [-0.4, -0.2) is 17.4 Å². The van der Waals surface area contributed by atoms with Crippen LogP contribution >= 0.6 is 15.9 Å². The van der Waals surface area contributed by atoms with Crippen LogP contribution in [0.5, 0.6) is 0 Å². The second-order valence-electron chi connectivity index (χ2n) is 4.92.